The Hall–Kier alpha value is -1.19. The summed E-state index contributed by atoms with van der Waals surface area (Å²) in [5.41, 5.74) is 0.752. The standard InChI is InChI=1S/C12H13Cl2N3/c1-2-8-17(12-15-6-7-16-12)11-9(13)4-3-5-10(11)14/h2-5,8H,6-7H2,1H3,(H,15,16)/b8-2-. The van der Waals surface area contributed by atoms with E-state index < -0.39 is 0 Å². The molecule has 1 N–H and O–H groups in total. The molecule has 0 unspecified atom stereocenters. The molecule has 0 saturated carbocycles. The first-order valence-corrected chi connectivity index (χ1v) is 6.14. The minimum Gasteiger partial charge on any atom is -0.354 e. The maximum absolute atomic E-state index is 6.20. The molecule has 2 rings (SSSR count). The normalized spacial score (nSPS) is 14.9. The molecule has 0 fully saturated rings. The van der Waals surface area contributed by atoms with E-state index in [0.717, 1.165) is 24.7 Å². The Morgan fingerprint density at radius 1 is 1.35 bits per heavy atom. The second kappa shape index (κ2) is 5.43. The first-order chi connectivity index (χ1) is 8.24. The van der Waals surface area contributed by atoms with Crippen molar-refractivity contribution >= 4 is 34.8 Å². The summed E-state index contributed by atoms with van der Waals surface area (Å²) in [6, 6.07) is 5.45. The Bertz CT molecular complexity index is 449. The zero-order chi connectivity index (χ0) is 12.3. The highest BCUT2D eigenvalue weighted by Gasteiger charge is 2.19. The van der Waals surface area contributed by atoms with Crippen molar-refractivity contribution in [2.75, 3.05) is 18.0 Å². The molecule has 0 bridgehead atoms. The Morgan fingerprint density at radius 3 is 2.59 bits per heavy atom. The number of allylic oxidation sites excluding steroid dienone is 1. The fourth-order valence-electron chi connectivity index (χ4n) is 1.67. The van der Waals surface area contributed by atoms with Crippen molar-refractivity contribution in [3.63, 3.8) is 0 Å². The van der Waals surface area contributed by atoms with Gasteiger partial charge in [-0.3, -0.25) is 9.89 Å². The second-order valence-electron chi connectivity index (χ2n) is 3.55. The van der Waals surface area contributed by atoms with Crippen LogP contribution in [-0.2, 0) is 0 Å². The van der Waals surface area contributed by atoms with Crippen LogP contribution in [0.4, 0.5) is 5.69 Å². The van der Waals surface area contributed by atoms with Gasteiger partial charge in [0.2, 0.25) is 5.96 Å². The van der Waals surface area contributed by atoms with E-state index in [1.165, 1.54) is 0 Å². The number of nitrogens with one attached hydrogen (secondary N) is 1. The molecule has 90 valence electrons. The Kier molecular flexibility index (Phi) is 3.92. The van der Waals surface area contributed by atoms with Gasteiger partial charge in [-0.15, -0.1) is 0 Å². The van der Waals surface area contributed by atoms with Gasteiger partial charge in [-0.25, -0.2) is 0 Å². The summed E-state index contributed by atoms with van der Waals surface area (Å²) in [4.78, 5) is 6.25. The molecule has 1 aliphatic rings. The molecule has 0 aliphatic carbocycles. The Balaban J connectivity index is 2.45. The van der Waals surface area contributed by atoms with Crippen LogP contribution in [-0.4, -0.2) is 19.0 Å². The third-order valence-electron chi connectivity index (χ3n) is 2.36. The largest absolute Gasteiger partial charge is 0.354 e. The van der Waals surface area contributed by atoms with Crippen LogP contribution in [0.1, 0.15) is 6.92 Å². The molecule has 1 aromatic rings. The van der Waals surface area contributed by atoms with E-state index in [1.807, 2.05) is 42.3 Å². The van der Waals surface area contributed by atoms with E-state index in [1.54, 1.807) is 0 Å². The number of nitrogens with zero attached hydrogens (tertiary/aromatic N) is 2. The summed E-state index contributed by atoms with van der Waals surface area (Å²) < 4.78 is 0. The molecule has 3 nitrogen and oxygen atoms in total. The van der Waals surface area contributed by atoms with E-state index in [2.05, 4.69) is 10.3 Å². The minimum absolute atomic E-state index is 0.604. The van der Waals surface area contributed by atoms with Crippen LogP contribution < -0.4 is 10.2 Å². The number of aliphatic imine (C=N–C) groups is 1. The van der Waals surface area contributed by atoms with Crippen molar-refractivity contribution in [2.24, 2.45) is 4.99 Å². The third kappa shape index (κ3) is 2.56. The van der Waals surface area contributed by atoms with Crippen LogP contribution in [0.15, 0.2) is 35.5 Å². The topological polar surface area (TPSA) is 27.6 Å². The Labute approximate surface area is 111 Å². The molecule has 17 heavy (non-hydrogen) atoms. The van der Waals surface area contributed by atoms with Crippen LogP contribution >= 0.6 is 23.2 Å². The van der Waals surface area contributed by atoms with Gasteiger partial charge in [-0.1, -0.05) is 35.3 Å². The summed E-state index contributed by atoms with van der Waals surface area (Å²) in [5, 5.41) is 4.41. The van der Waals surface area contributed by atoms with Gasteiger partial charge in [-0.05, 0) is 19.1 Å². The van der Waals surface area contributed by atoms with Crippen LogP contribution in [0, 0.1) is 0 Å². The van der Waals surface area contributed by atoms with Gasteiger partial charge in [0.15, 0.2) is 0 Å². The minimum atomic E-state index is 0.604. The predicted octanol–water partition coefficient (Wildman–Crippen LogP) is 3.29. The number of rotatable bonds is 2. The maximum atomic E-state index is 6.20. The molecule has 0 atom stereocenters. The van der Waals surface area contributed by atoms with Crippen LogP contribution in [0.5, 0.6) is 0 Å². The van der Waals surface area contributed by atoms with Gasteiger partial charge in [0, 0.05) is 12.7 Å². The van der Waals surface area contributed by atoms with E-state index in [-0.39, 0.29) is 0 Å². The van der Waals surface area contributed by atoms with Crippen molar-refractivity contribution in [2.45, 2.75) is 6.92 Å². The fourth-order valence-corrected chi connectivity index (χ4v) is 2.25. The van der Waals surface area contributed by atoms with Crippen molar-refractivity contribution in [1.82, 2.24) is 5.32 Å². The van der Waals surface area contributed by atoms with Crippen LogP contribution in [0.25, 0.3) is 0 Å². The van der Waals surface area contributed by atoms with Crippen molar-refractivity contribution in [3.8, 4) is 0 Å². The number of halogens is 2. The molecule has 0 saturated heterocycles. The average molecular weight is 270 g/mol. The smallest absolute Gasteiger partial charge is 0.202 e. The molecule has 1 heterocycles. The zero-order valence-corrected chi connectivity index (χ0v) is 11.0. The lowest BCUT2D eigenvalue weighted by molar-refractivity contribution is 0.953. The van der Waals surface area contributed by atoms with Crippen LogP contribution in [0.2, 0.25) is 10.0 Å². The average Bonchev–Trinajstić information content (AvgIpc) is 2.80. The molecule has 1 aliphatic heterocycles. The van der Waals surface area contributed by atoms with E-state index >= 15 is 0 Å². The quantitative estimate of drug-likeness (QED) is 0.892. The molecule has 0 radical (unpaired) electrons. The lowest BCUT2D eigenvalue weighted by Crippen LogP contribution is -2.35. The summed E-state index contributed by atoms with van der Waals surface area (Å²) in [6.07, 6.45) is 3.81. The van der Waals surface area contributed by atoms with Gasteiger partial charge in [0.1, 0.15) is 0 Å². The fraction of sp³-hybridized carbons (Fsp3) is 0.250. The number of guanidine groups is 1. The van der Waals surface area contributed by atoms with Gasteiger partial charge >= 0.3 is 0 Å². The van der Waals surface area contributed by atoms with Crippen molar-refractivity contribution in [3.05, 3.63) is 40.5 Å². The molecular formula is C12H13Cl2N3. The number of hydrogen-bond acceptors (Lipinski definition) is 3. The number of hydrogen-bond donors (Lipinski definition) is 1. The van der Waals surface area contributed by atoms with E-state index in [0.29, 0.717) is 10.0 Å². The zero-order valence-electron chi connectivity index (χ0n) is 9.45. The highest BCUT2D eigenvalue weighted by molar-refractivity contribution is 6.40. The van der Waals surface area contributed by atoms with E-state index in [9.17, 15) is 0 Å². The molecule has 0 aromatic heterocycles. The van der Waals surface area contributed by atoms with Crippen molar-refractivity contribution < 1.29 is 0 Å². The van der Waals surface area contributed by atoms with Gasteiger partial charge in [0.05, 0.1) is 22.3 Å². The summed E-state index contributed by atoms with van der Waals surface area (Å²) in [5.74, 6) is 0.776. The first kappa shape index (κ1) is 12.3. The molecule has 0 amide bonds. The predicted molar refractivity (Wildman–Crippen MR) is 74.1 cm³/mol. The number of benzene rings is 1. The lowest BCUT2D eigenvalue weighted by Gasteiger charge is -2.22. The number of para-hydroxylation sites is 1. The Morgan fingerprint density at radius 2 is 2.06 bits per heavy atom. The lowest BCUT2D eigenvalue weighted by atomic mass is 10.3. The summed E-state index contributed by atoms with van der Waals surface area (Å²) >= 11 is 12.4. The van der Waals surface area contributed by atoms with Gasteiger partial charge < -0.3 is 5.32 Å². The van der Waals surface area contributed by atoms with Crippen molar-refractivity contribution in [1.29, 1.82) is 0 Å². The van der Waals surface area contributed by atoms with Gasteiger partial charge in [0.25, 0.3) is 0 Å². The van der Waals surface area contributed by atoms with Gasteiger partial charge in [-0.2, -0.15) is 0 Å². The van der Waals surface area contributed by atoms with Crippen LogP contribution in [0.3, 0.4) is 0 Å². The highest BCUT2D eigenvalue weighted by atomic mass is 35.5. The number of anilines is 1. The molecule has 0 spiro atoms. The second-order valence-corrected chi connectivity index (χ2v) is 4.37. The first-order valence-electron chi connectivity index (χ1n) is 5.38. The monoisotopic (exact) mass is 269 g/mol. The third-order valence-corrected chi connectivity index (χ3v) is 2.97. The van der Waals surface area contributed by atoms with E-state index in [4.69, 9.17) is 23.2 Å². The molecular weight excluding hydrogens is 257 g/mol. The maximum Gasteiger partial charge on any atom is 0.202 e. The summed E-state index contributed by atoms with van der Waals surface area (Å²) in [6.45, 7) is 3.55. The molecule has 1 aromatic carbocycles. The summed E-state index contributed by atoms with van der Waals surface area (Å²) in [7, 11) is 0. The highest BCUT2D eigenvalue weighted by Crippen LogP contribution is 2.34. The molecule has 5 heteroatoms. The SMILES string of the molecule is C/C=C\N(C1=NCCN1)c1c(Cl)cccc1Cl.